The molecule has 0 aliphatic carbocycles. The van der Waals surface area contributed by atoms with E-state index >= 15 is 0 Å². The summed E-state index contributed by atoms with van der Waals surface area (Å²) in [5.74, 6) is 0.0577. The number of carbonyl (C=O) groups excluding carboxylic acids is 1. The summed E-state index contributed by atoms with van der Waals surface area (Å²) in [5.41, 5.74) is 0.825. The Hall–Kier alpha value is -3.01. The van der Waals surface area contributed by atoms with Gasteiger partial charge in [0, 0.05) is 12.6 Å². The minimum absolute atomic E-state index is 0.0955. The Morgan fingerprint density at radius 3 is 2.91 bits per heavy atom. The van der Waals surface area contributed by atoms with E-state index in [-0.39, 0.29) is 24.8 Å². The second kappa shape index (κ2) is 6.01. The summed E-state index contributed by atoms with van der Waals surface area (Å²) in [6.07, 6.45) is 1.58. The molecule has 1 aromatic heterocycles. The Morgan fingerprint density at radius 1 is 1.39 bits per heavy atom. The van der Waals surface area contributed by atoms with E-state index in [0.29, 0.717) is 30.2 Å². The van der Waals surface area contributed by atoms with Crippen LogP contribution in [0.5, 0.6) is 5.75 Å². The molecule has 1 aliphatic rings. The summed E-state index contributed by atoms with van der Waals surface area (Å²) in [7, 11) is 0. The first-order valence-corrected chi connectivity index (χ1v) is 6.80. The molecule has 0 atom stereocenters. The monoisotopic (exact) mass is 319 g/mol. The minimum atomic E-state index is -0.518. The molecule has 10 heteroatoms. The van der Waals surface area contributed by atoms with Gasteiger partial charge in [-0.05, 0) is 6.07 Å². The van der Waals surface area contributed by atoms with Gasteiger partial charge in [0.15, 0.2) is 12.4 Å². The number of nitrogens with zero attached hydrogens (tertiary/aromatic N) is 5. The standard InChI is InChI=1S/C13H13N5O5/c19-7-9-6-16(15-14-9)3-4-17-11-2-1-10(18(21)22)5-12(11)23-8-13(17)20/h1-2,5-6,19H,3-4,7-8H2. The maximum atomic E-state index is 12.0. The number of carbonyl (C=O) groups is 1. The maximum absolute atomic E-state index is 12.0. The highest BCUT2D eigenvalue weighted by Gasteiger charge is 2.27. The minimum Gasteiger partial charge on any atom is -0.481 e. The number of rotatable bonds is 5. The van der Waals surface area contributed by atoms with Crippen molar-refractivity contribution in [1.82, 2.24) is 15.0 Å². The van der Waals surface area contributed by atoms with E-state index in [1.54, 1.807) is 6.20 Å². The summed E-state index contributed by atoms with van der Waals surface area (Å²) in [5, 5.41) is 27.4. The molecule has 10 nitrogen and oxygen atoms in total. The Kier molecular flexibility index (Phi) is 3.89. The van der Waals surface area contributed by atoms with Gasteiger partial charge in [0.2, 0.25) is 0 Å². The molecule has 0 radical (unpaired) electrons. The zero-order valence-electron chi connectivity index (χ0n) is 12.0. The van der Waals surface area contributed by atoms with Gasteiger partial charge in [0.05, 0.1) is 36.0 Å². The second-order valence-electron chi connectivity index (χ2n) is 4.87. The smallest absolute Gasteiger partial charge is 0.273 e. The van der Waals surface area contributed by atoms with Crippen LogP contribution in [0.25, 0.3) is 0 Å². The lowest BCUT2D eigenvalue weighted by Crippen LogP contribution is -2.40. The summed E-state index contributed by atoms with van der Waals surface area (Å²) in [6, 6.07) is 4.12. The van der Waals surface area contributed by atoms with Gasteiger partial charge in [-0.15, -0.1) is 5.10 Å². The molecule has 1 N–H and O–H groups in total. The number of ether oxygens (including phenoxy) is 1. The first-order valence-electron chi connectivity index (χ1n) is 6.80. The van der Waals surface area contributed by atoms with Crippen molar-refractivity contribution in [2.24, 2.45) is 0 Å². The molecule has 3 rings (SSSR count). The van der Waals surface area contributed by atoms with Crippen LogP contribution in [0.3, 0.4) is 0 Å². The van der Waals surface area contributed by atoms with Crippen molar-refractivity contribution >= 4 is 17.3 Å². The maximum Gasteiger partial charge on any atom is 0.273 e. The fourth-order valence-electron chi connectivity index (χ4n) is 2.27. The molecule has 1 amide bonds. The number of aliphatic hydroxyl groups is 1. The van der Waals surface area contributed by atoms with Crippen LogP contribution in [0, 0.1) is 10.1 Å². The van der Waals surface area contributed by atoms with E-state index in [9.17, 15) is 14.9 Å². The van der Waals surface area contributed by atoms with Crippen molar-refractivity contribution in [3.63, 3.8) is 0 Å². The normalized spacial score (nSPS) is 13.6. The molecule has 120 valence electrons. The SMILES string of the molecule is O=C1COc2cc([N+](=O)[O-])ccc2N1CCn1cc(CO)nn1. The topological polar surface area (TPSA) is 124 Å². The van der Waals surface area contributed by atoms with Crippen LogP contribution in [-0.4, -0.2) is 44.1 Å². The van der Waals surface area contributed by atoms with Crippen LogP contribution in [-0.2, 0) is 17.9 Å². The van der Waals surface area contributed by atoms with Crippen molar-refractivity contribution < 1.29 is 19.6 Å². The Bertz CT molecular complexity index is 759. The lowest BCUT2D eigenvalue weighted by molar-refractivity contribution is -0.384. The van der Waals surface area contributed by atoms with Gasteiger partial charge in [-0.25, -0.2) is 0 Å². The quantitative estimate of drug-likeness (QED) is 0.612. The number of amides is 1. The molecular weight excluding hydrogens is 306 g/mol. The average Bonchev–Trinajstić information content (AvgIpc) is 3.01. The third kappa shape index (κ3) is 2.97. The molecule has 1 aromatic carbocycles. The number of hydrogen-bond acceptors (Lipinski definition) is 7. The molecule has 0 bridgehead atoms. The Balaban J connectivity index is 1.79. The number of nitro groups is 1. The molecule has 0 unspecified atom stereocenters. The summed E-state index contributed by atoms with van der Waals surface area (Å²) < 4.78 is 6.78. The number of nitro benzene ring substituents is 1. The van der Waals surface area contributed by atoms with Gasteiger partial charge in [-0.1, -0.05) is 5.21 Å². The van der Waals surface area contributed by atoms with Gasteiger partial charge in [0.25, 0.3) is 11.6 Å². The Morgan fingerprint density at radius 2 is 2.22 bits per heavy atom. The van der Waals surface area contributed by atoms with Crippen molar-refractivity contribution in [2.75, 3.05) is 18.1 Å². The third-order valence-corrected chi connectivity index (χ3v) is 3.40. The van der Waals surface area contributed by atoms with Crippen LogP contribution in [0.2, 0.25) is 0 Å². The number of aromatic nitrogens is 3. The number of hydrogen-bond donors (Lipinski definition) is 1. The first kappa shape index (κ1) is 14.9. The zero-order valence-corrected chi connectivity index (χ0v) is 12.0. The van der Waals surface area contributed by atoms with Crippen LogP contribution >= 0.6 is 0 Å². The van der Waals surface area contributed by atoms with Gasteiger partial charge < -0.3 is 14.7 Å². The lowest BCUT2D eigenvalue weighted by Gasteiger charge is -2.29. The predicted octanol–water partition coefficient (Wildman–Crippen LogP) is 0.104. The molecule has 0 saturated carbocycles. The number of aliphatic hydroxyl groups excluding tert-OH is 1. The molecule has 0 fully saturated rings. The summed E-state index contributed by atoms with van der Waals surface area (Å²) >= 11 is 0. The highest BCUT2D eigenvalue weighted by molar-refractivity contribution is 5.98. The van der Waals surface area contributed by atoms with Crippen LogP contribution < -0.4 is 9.64 Å². The molecular formula is C13H13N5O5. The van der Waals surface area contributed by atoms with Crippen molar-refractivity contribution in [1.29, 1.82) is 0 Å². The largest absolute Gasteiger partial charge is 0.481 e. The second-order valence-corrected chi connectivity index (χ2v) is 4.87. The van der Waals surface area contributed by atoms with E-state index in [0.717, 1.165) is 0 Å². The molecule has 0 saturated heterocycles. The highest BCUT2D eigenvalue weighted by atomic mass is 16.6. The van der Waals surface area contributed by atoms with E-state index in [4.69, 9.17) is 9.84 Å². The van der Waals surface area contributed by atoms with Crippen LogP contribution in [0.15, 0.2) is 24.4 Å². The third-order valence-electron chi connectivity index (χ3n) is 3.40. The number of non-ortho nitro benzene ring substituents is 1. The van der Waals surface area contributed by atoms with E-state index in [1.807, 2.05) is 0 Å². The van der Waals surface area contributed by atoms with E-state index in [2.05, 4.69) is 10.3 Å². The fraction of sp³-hybridized carbons (Fsp3) is 0.308. The van der Waals surface area contributed by atoms with Gasteiger partial charge in [-0.2, -0.15) is 0 Å². The highest BCUT2D eigenvalue weighted by Crippen LogP contribution is 2.35. The van der Waals surface area contributed by atoms with Crippen LogP contribution in [0.4, 0.5) is 11.4 Å². The molecule has 2 heterocycles. The predicted molar refractivity (Wildman–Crippen MR) is 76.9 cm³/mol. The van der Waals surface area contributed by atoms with Gasteiger partial charge in [0.1, 0.15) is 5.69 Å². The van der Waals surface area contributed by atoms with Crippen molar-refractivity contribution in [2.45, 2.75) is 13.2 Å². The number of fused-ring (bicyclic) bond motifs is 1. The molecule has 1 aliphatic heterocycles. The van der Waals surface area contributed by atoms with Crippen molar-refractivity contribution in [3.05, 3.63) is 40.2 Å². The molecule has 2 aromatic rings. The summed E-state index contributed by atoms with van der Waals surface area (Å²) in [4.78, 5) is 23.8. The molecule has 23 heavy (non-hydrogen) atoms. The number of anilines is 1. The van der Waals surface area contributed by atoms with E-state index in [1.165, 1.54) is 27.8 Å². The number of benzene rings is 1. The van der Waals surface area contributed by atoms with Crippen molar-refractivity contribution in [3.8, 4) is 5.75 Å². The fourth-order valence-corrected chi connectivity index (χ4v) is 2.27. The first-order chi connectivity index (χ1) is 11.1. The van der Waals surface area contributed by atoms with Crippen LogP contribution in [0.1, 0.15) is 5.69 Å². The summed E-state index contributed by atoms with van der Waals surface area (Å²) in [6.45, 7) is 0.298. The van der Waals surface area contributed by atoms with E-state index < -0.39 is 4.92 Å². The lowest BCUT2D eigenvalue weighted by atomic mass is 10.2. The zero-order chi connectivity index (χ0) is 16.4. The Labute approximate surface area is 130 Å². The van der Waals surface area contributed by atoms with Gasteiger partial charge in [-0.3, -0.25) is 19.6 Å². The molecule has 0 spiro atoms. The average molecular weight is 319 g/mol. The van der Waals surface area contributed by atoms with Gasteiger partial charge >= 0.3 is 0 Å².